The average Bonchev–Trinajstić information content (AvgIpc) is 2.82. The van der Waals surface area contributed by atoms with Crippen LogP contribution >= 0.6 is 15.9 Å². The molecule has 0 radical (unpaired) electrons. The van der Waals surface area contributed by atoms with Crippen molar-refractivity contribution in [1.82, 2.24) is 4.90 Å². The Morgan fingerprint density at radius 1 is 1.29 bits per heavy atom. The molecule has 0 N–H and O–H groups in total. The molecule has 2 rings (SSSR count). The van der Waals surface area contributed by atoms with Crippen LogP contribution < -0.4 is 0 Å². The molecule has 3 heteroatoms. The van der Waals surface area contributed by atoms with Gasteiger partial charge in [0.1, 0.15) is 0 Å². The minimum atomic E-state index is 0.255. The lowest BCUT2D eigenvalue weighted by molar-refractivity contribution is 0.0976. The summed E-state index contributed by atoms with van der Waals surface area (Å²) < 4.78 is 0.975. The molecule has 1 heterocycles. The SMILES string of the molecule is O=C(CCCN1CCCC1)c1cccc(Br)c1. The Bertz CT molecular complexity index is 386. The summed E-state index contributed by atoms with van der Waals surface area (Å²) in [4.78, 5) is 14.4. The van der Waals surface area contributed by atoms with Crippen LogP contribution in [0, 0.1) is 0 Å². The molecule has 0 amide bonds. The molecular weight excluding hydrogens is 278 g/mol. The first-order valence-corrected chi connectivity index (χ1v) is 7.06. The third kappa shape index (κ3) is 3.93. The highest BCUT2D eigenvalue weighted by Gasteiger charge is 2.12. The van der Waals surface area contributed by atoms with E-state index < -0.39 is 0 Å². The van der Waals surface area contributed by atoms with E-state index >= 15 is 0 Å². The van der Waals surface area contributed by atoms with Gasteiger partial charge in [0.2, 0.25) is 0 Å². The molecule has 1 aromatic carbocycles. The van der Waals surface area contributed by atoms with Gasteiger partial charge < -0.3 is 4.90 Å². The summed E-state index contributed by atoms with van der Waals surface area (Å²) in [5.74, 6) is 0.255. The molecule has 2 nitrogen and oxygen atoms in total. The Balaban J connectivity index is 1.77. The maximum atomic E-state index is 11.9. The van der Waals surface area contributed by atoms with Crippen molar-refractivity contribution in [2.75, 3.05) is 19.6 Å². The molecule has 1 aliphatic rings. The van der Waals surface area contributed by atoms with E-state index in [9.17, 15) is 4.79 Å². The maximum Gasteiger partial charge on any atom is 0.162 e. The van der Waals surface area contributed by atoms with Gasteiger partial charge in [-0.1, -0.05) is 28.1 Å². The standard InChI is InChI=1S/C14H18BrNO/c15-13-6-3-5-12(11-13)14(17)7-4-10-16-8-1-2-9-16/h3,5-6,11H,1-2,4,7-10H2. The summed E-state index contributed by atoms with van der Waals surface area (Å²) in [7, 11) is 0. The van der Waals surface area contributed by atoms with Crippen molar-refractivity contribution in [2.24, 2.45) is 0 Å². The predicted molar refractivity (Wildman–Crippen MR) is 73.4 cm³/mol. The van der Waals surface area contributed by atoms with Crippen molar-refractivity contribution in [2.45, 2.75) is 25.7 Å². The molecule has 17 heavy (non-hydrogen) atoms. The number of carbonyl (C=O) groups excluding carboxylic acids is 1. The van der Waals surface area contributed by atoms with Gasteiger partial charge in [-0.05, 0) is 51.0 Å². The number of nitrogens with zero attached hydrogens (tertiary/aromatic N) is 1. The second kappa shape index (κ2) is 6.31. The molecular formula is C14H18BrNO. The Kier molecular flexibility index (Phi) is 4.75. The first-order chi connectivity index (χ1) is 8.25. The zero-order valence-corrected chi connectivity index (χ0v) is 11.6. The van der Waals surface area contributed by atoms with E-state index in [4.69, 9.17) is 0 Å². The van der Waals surface area contributed by atoms with Crippen LogP contribution in [-0.4, -0.2) is 30.3 Å². The molecule has 0 bridgehead atoms. The Morgan fingerprint density at radius 2 is 2.06 bits per heavy atom. The number of Topliss-reactive ketones (excluding diaryl/α,β-unsaturated/α-hetero) is 1. The summed E-state index contributed by atoms with van der Waals surface area (Å²) in [6, 6.07) is 7.65. The lowest BCUT2D eigenvalue weighted by Crippen LogP contribution is -2.21. The number of benzene rings is 1. The number of hydrogen-bond acceptors (Lipinski definition) is 2. The fourth-order valence-electron chi connectivity index (χ4n) is 2.28. The van der Waals surface area contributed by atoms with Crippen LogP contribution in [0.15, 0.2) is 28.7 Å². The zero-order chi connectivity index (χ0) is 12.1. The first kappa shape index (κ1) is 12.8. The van der Waals surface area contributed by atoms with Crippen molar-refractivity contribution in [3.8, 4) is 0 Å². The van der Waals surface area contributed by atoms with E-state index in [-0.39, 0.29) is 5.78 Å². The zero-order valence-electron chi connectivity index (χ0n) is 9.99. The fourth-order valence-corrected chi connectivity index (χ4v) is 2.67. The molecule has 0 atom stereocenters. The summed E-state index contributed by atoms with van der Waals surface area (Å²) >= 11 is 3.39. The quantitative estimate of drug-likeness (QED) is 0.775. The van der Waals surface area contributed by atoms with Crippen LogP contribution in [0.1, 0.15) is 36.0 Å². The Hall–Kier alpha value is -0.670. The summed E-state index contributed by atoms with van der Waals surface area (Å²) in [5, 5.41) is 0. The second-order valence-corrected chi connectivity index (χ2v) is 5.50. The topological polar surface area (TPSA) is 20.3 Å². The van der Waals surface area contributed by atoms with E-state index in [1.165, 1.54) is 25.9 Å². The van der Waals surface area contributed by atoms with Gasteiger partial charge in [0.15, 0.2) is 5.78 Å². The van der Waals surface area contributed by atoms with E-state index in [1.54, 1.807) is 0 Å². The normalized spacial score (nSPS) is 16.3. The fraction of sp³-hybridized carbons (Fsp3) is 0.500. The average molecular weight is 296 g/mol. The van der Waals surface area contributed by atoms with E-state index in [0.717, 1.165) is 23.0 Å². The number of likely N-dealkylation sites (tertiary alicyclic amines) is 1. The number of halogens is 1. The third-order valence-electron chi connectivity index (χ3n) is 3.22. The number of carbonyl (C=O) groups is 1. The summed E-state index contributed by atoms with van der Waals surface area (Å²) in [6.45, 7) is 3.50. The summed E-state index contributed by atoms with van der Waals surface area (Å²) in [6.07, 6.45) is 4.28. The molecule has 1 aromatic rings. The molecule has 1 aliphatic heterocycles. The molecule has 1 fully saturated rings. The highest BCUT2D eigenvalue weighted by Crippen LogP contribution is 2.14. The molecule has 1 saturated heterocycles. The third-order valence-corrected chi connectivity index (χ3v) is 3.72. The monoisotopic (exact) mass is 295 g/mol. The van der Waals surface area contributed by atoms with Gasteiger partial charge in [-0.15, -0.1) is 0 Å². The van der Waals surface area contributed by atoms with Gasteiger partial charge in [-0.25, -0.2) is 0 Å². The number of hydrogen-bond donors (Lipinski definition) is 0. The van der Waals surface area contributed by atoms with Crippen LogP contribution in [0.3, 0.4) is 0 Å². The van der Waals surface area contributed by atoms with Crippen molar-refractivity contribution in [1.29, 1.82) is 0 Å². The molecule has 0 unspecified atom stereocenters. The molecule has 0 saturated carbocycles. The molecule has 0 aromatic heterocycles. The van der Waals surface area contributed by atoms with Gasteiger partial charge in [-0.2, -0.15) is 0 Å². The van der Waals surface area contributed by atoms with Gasteiger partial charge in [-0.3, -0.25) is 4.79 Å². The van der Waals surface area contributed by atoms with Gasteiger partial charge in [0.05, 0.1) is 0 Å². The van der Waals surface area contributed by atoms with E-state index in [2.05, 4.69) is 20.8 Å². The van der Waals surface area contributed by atoms with Gasteiger partial charge in [0.25, 0.3) is 0 Å². The number of ketones is 1. The van der Waals surface area contributed by atoms with Crippen molar-refractivity contribution in [3.63, 3.8) is 0 Å². The molecule has 0 spiro atoms. The van der Waals surface area contributed by atoms with Crippen LogP contribution in [0.4, 0.5) is 0 Å². The maximum absolute atomic E-state index is 11.9. The Morgan fingerprint density at radius 3 is 2.76 bits per heavy atom. The highest BCUT2D eigenvalue weighted by atomic mass is 79.9. The lowest BCUT2D eigenvalue weighted by atomic mass is 10.1. The lowest BCUT2D eigenvalue weighted by Gasteiger charge is -2.13. The van der Waals surface area contributed by atoms with E-state index in [1.807, 2.05) is 24.3 Å². The first-order valence-electron chi connectivity index (χ1n) is 6.27. The predicted octanol–water partition coefficient (Wildman–Crippen LogP) is 3.51. The van der Waals surface area contributed by atoms with Crippen molar-refractivity contribution in [3.05, 3.63) is 34.3 Å². The van der Waals surface area contributed by atoms with Crippen LogP contribution in [-0.2, 0) is 0 Å². The van der Waals surface area contributed by atoms with Crippen LogP contribution in [0.5, 0.6) is 0 Å². The van der Waals surface area contributed by atoms with E-state index in [0.29, 0.717) is 6.42 Å². The highest BCUT2D eigenvalue weighted by molar-refractivity contribution is 9.10. The molecule has 0 aliphatic carbocycles. The Labute approximate surface area is 111 Å². The van der Waals surface area contributed by atoms with Crippen LogP contribution in [0.2, 0.25) is 0 Å². The van der Waals surface area contributed by atoms with Crippen LogP contribution in [0.25, 0.3) is 0 Å². The van der Waals surface area contributed by atoms with Gasteiger partial charge >= 0.3 is 0 Å². The van der Waals surface area contributed by atoms with Crippen molar-refractivity contribution >= 4 is 21.7 Å². The smallest absolute Gasteiger partial charge is 0.162 e. The van der Waals surface area contributed by atoms with Gasteiger partial charge in [0, 0.05) is 16.5 Å². The van der Waals surface area contributed by atoms with Crippen molar-refractivity contribution < 1.29 is 4.79 Å². The minimum absolute atomic E-state index is 0.255. The largest absolute Gasteiger partial charge is 0.303 e. The number of rotatable bonds is 5. The minimum Gasteiger partial charge on any atom is -0.303 e. The second-order valence-electron chi connectivity index (χ2n) is 4.59. The summed E-state index contributed by atoms with van der Waals surface area (Å²) in [5.41, 5.74) is 0.820. The molecule has 92 valence electrons.